The molecule has 0 bridgehead atoms. The number of aromatic nitrogens is 3. The van der Waals surface area contributed by atoms with Crippen molar-refractivity contribution in [2.75, 3.05) is 0 Å². The summed E-state index contributed by atoms with van der Waals surface area (Å²) in [6.45, 7) is 1.90. The van der Waals surface area contributed by atoms with Gasteiger partial charge in [-0.25, -0.2) is 9.48 Å². The molecule has 0 atom stereocenters. The van der Waals surface area contributed by atoms with Gasteiger partial charge in [-0.05, 0) is 13.0 Å². The van der Waals surface area contributed by atoms with Crippen LogP contribution < -0.4 is 5.69 Å². The molecule has 5 heteroatoms. The van der Waals surface area contributed by atoms with Crippen LogP contribution in [0.5, 0.6) is 0 Å². The highest BCUT2D eigenvalue weighted by molar-refractivity contribution is 5.95. The van der Waals surface area contributed by atoms with Crippen LogP contribution in [0.1, 0.15) is 15.9 Å². The second-order valence-corrected chi connectivity index (χ2v) is 3.97. The van der Waals surface area contributed by atoms with Crippen molar-refractivity contribution >= 4 is 5.78 Å². The van der Waals surface area contributed by atoms with Crippen LogP contribution in [0, 0.1) is 6.92 Å². The lowest BCUT2D eigenvalue weighted by atomic mass is 10.1. The third kappa shape index (κ3) is 2.33. The van der Waals surface area contributed by atoms with E-state index < -0.39 is 0 Å². The van der Waals surface area contributed by atoms with E-state index in [0.717, 1.165) is 10.2 Å². The third-order valence-electron chi connectivity index (χ3n) is 2.52. The van der Waals surface area contributed by atoms with Crippen LogP contribution in [0.2, 0.25) is 0 Å². The van der Waals surface area contributed by atoms with Gasteiger partial charge in [-0.3, -0.25) is 9.36 Å². The molecular formula is C12H13N3O2. The lowest BCUT2D eigenvalue weighted by molar-refractivity contribution is 0.0966. The zero-order chi connectivity index (χ0) is 12.4. The van der Waals surface area contributed by atoms with Gasteiger partial charge in [0.25, 0.3) is 0 Å². The van der Waals surface area contributed by atoms with Crippen LogP contribution in [-0.4, -0.2) is 20.1 Å². The molecule has 0 saturated heterocycles. The molecule has 1 aromatic carbocycles. The average molecular weight is 231 g/mol. The van der Waals surface area contributed by atoms with Gasteiger partial charge in [-0.2, -0.15) is 5.10 Å². The van der Waals surface area contributed by atoms with E-state index in [0.29, 0.717) is 5.56 Å². The number of benzene rings is 1. The predicted molar refractivity (Wildman–Crippen MR) is 63.0 cm³/mol. The lowest BCUT2D eigenvalue weighted by Crippen LogP contribution is -2.26. The predicted octanol–water partition coefficient (Wildman–Crippen LogP) is 0.773. The fourth-order valence-electron chi connectivity index (χ4n) is 1.57. The fourth-order valence-corrected chi connectivity index (χ4v) is 1.57. The summed E-state index contributed by atoms with van der Waals surface area (Å²) in [5.41, 5.74) is 1.33. The van der Waals surface area contributed by atoms with Crippen LogP contribution in [0.25, 0.3) is 0 Å². The van der Waals surface area contributed by atoms with Crippen LogP contribution in [0.15, 0.2) is 35.4 Å². The van der Waals surface area contributed by atoms with Crippen molar-refractivity contribution in [1.29, 1.82) is 0 Å². The Balaban J connectivity index is 2.23. The maximum absolute atomic E-state index is 11.9. The van der Waals surface area contributed by atoms with Gasteiger partial charge < -0.3 is 0 Å². The van der Waals surface area contributed by atoms with Crippen molar-refractivity contribution in [3.05, 3.63) is 52.2 Å². The number of nitrogens with zero attached hydrogens (tertiary/aromatic N) is 3. The maximum atomic E-state index is 11.9. The first-order valence-electron chi connectivity index (χ1n) is 5.26. The minimum atomic E-state index is -0.286. The number of rotatable bonds is 3. The fraction of sp³-hybridized carbons (Fsp3) is 0.250. The SMILES string of the molecule is Cc1cccc(C(=O)Cn2ncn(C)c2=O)c1. The normalized spacial score (nSPS) is 10.5. The van der Waals surface area contributed by atoms with E-state index in [9.17, 15) is 9.59 Å². The van der Waals surface area contributed by atoms with E-state index in [4.69, 9.17) is 0 Å². The van der Waals surface area contributed by atoms with Gasteiger partial charge in [0.15, 0.2) is 5.78 Å². The second-order valence-electron chi connectivity index (χ2n) is 3.97. The number of hydrogen-bond acceptors (Lipinski definition) is 3. The second kappa shape index (κ2) is 4.37. The molecule has 1 heterocycles. The van der Waals surface area contributed by atoms with E-state index in [1.165, 1.54) is 10.9 Å². The molecule has 0 unspecified atom stereocenters. The van der Waals surface area contributed by atoms with Gasteiger partial charge in [0, 0.05) is 12.6 Å². The molecule has 0 spiro atoms. The Hall–Kier alpha value is -2.17. The summed E-state index contributed by atoms with van der Waals surface area (Å²) in [6, 6.07) is 7.28. The number of Topliss-reactive ketones (excluding diaryl/α,β-unsaturated/α-hetero) is 1. The van der Waals surface area contributed by atoms with Gasteiger partial charge in [0.1, 0.15) is 12.9 Å². The summed E-state index contributed by atoms with van der Waals surface area (Å²) in [6.07, 6.45) is 1.39. The summed E-state index contributed by atoms with van der Waals surface area (Å²) in [7, 11) is 1.60. The Bertz CT molecular complexity index is 610. The van der Waals surface area contributed by atoms with Crippen LogP contribution in [-0.2, 0) is 13.6 Å². The minimum absolute atomic E-state index is 0.0247. The molecule has 0 N–H and O–H groups in total. The van der Waals surface area contributed by atoms with Gasteiger partial charge >= 0.3 is 5.69 Å². The van der Waals surface area contributed by atoms with Gasteiger partial charge in [-0.15, -0.1) is 0 Å². The van der Waals surface area contributed by atoms with Crippen LogP contribution in [0.4, 0.5) is 0 Å². The Morgan fingerprint density at radius 2 is 2.18 bits per heavy atom. The monoisotopic (exact) mass is 231 g/mol. The molecule has 5 nitrogen and oxygen atoms in total. The number of carbonyl (C=O) groups excluding carboxylic acids is 1. The van der Waals surface area contributed by atoms with Crippen molar-refractivity contribution in [1.82, 2.24) is 14.3 Å². The first-order valence-corrected chi connectivity index (χ1v) is 5.26. The van der Waals surface area contributed by atoms with Gasteiger partial charge in [0.05, 0.1) is 0 Å². The number of ketones is 1. The highest BCUT2D eigenvalue weighted by Gasteiger charge is 2.10. The summed E-state index contributed by atoms with van der Waals surface area (Å²) in [5, 5.41) is 3.85. The van der Waals surface area contributed by atoms with Crippen molar-refractivity contribution in [2.45, 2.75) is 13.5 Å². The van der Waals surface area contributed by atoms with Gasteiger partial charge in [0.2, 0.25) is 0 Å². The molecule has 0 aliphatic heterocycles. The summed E-state index contributed by atoms with van der Waals surface area (Å²) < 4.78 is 2.49. The number of hydrogen-bond donors (Lipinski definition) is 0. The van der Waals surface area contributed by atoms with Crippen LogP contribution in [0.3, 0.4) is 0 Å². The average Bonchev–Trinajstić information content (AvgIpc) is 2.61. The highest BCUT2D eigenvalue weighted by Crippen LogP contribution is 2.05. The van der Waals surface area contributed by atoms with Crippen molar-refractivity contribution in [2.24, 2.45) is 7.05 Å². The summed E-state index contributed by atoms with van der Waals surface area (Å²) >= 11 is 0. The lowest BCUT2D eigenvalue weighted by Gasteiger charge is -2.01. The van der Waals surface area contributed by atoms with E-state index in [1.54, 1.807) is 19.2 Å². The quantitative estimate of drug-likeness (QED) is 0.733. The standard InChI is InChI=1S/C12H13N3O2/c1-9-4-3-5-10(6-9)11(16)7-15-12(17)14(2)8-13-15/h3-6,8H,7H2,1-2H3. The molecule has 0 saturated carbocycles. The van der Waals surface area contributed by atoms with E-state index in [-0.39, 0.29) is 18.0 Å². The molecule has 0 aliphatic carbocycles. The molecule has 0 amide bonds. The largest absolute Gasteiger partial charge is 0.345 e. The van der Waals surface area contributed by atoms with Crippen molar-refractivity contribution < 1.29 is 4.79 Å². The molecular weight excluding hydrogens is 218 g/mol. The first-order chi connectivity index (χ1) is 8.08. The van der Waals surface area contributed by atoms with E-state index in [1.807, 2.05) is 19.1 Å². The zero-order valence-corrected chi connectivity index (χ0v) is 9.75. The Morgan fingerprint density at radius 1 is 1.41 bits per heavy atom. The number of aryl methyl sites for hydroxylation is 2. The molecule has 1 aromatic heterocycles. The van der Waals surface area contributed by atoms with E-state index in [2.05, 4.69) is 5.10 Å². The van der Waals surface area contributed by atoms with E-state index >= 15 is 0 Å². The number of carbonyl (C=O) groups is 1. The Labute approximate surface area is 98.3 Å². The van der Waals surface area contributed by atoms with Gasteiger partial charge in [-0.1, -0.05) is 23.8 Å². The molecule has 17 heavy (non-hydrogen) atoms. The molecule has 0 radical (unpaired) electrons. The molecule has 0 fully saturated rings. The molecule has 2 rings (SSSR count). The topological polar surface area (TPSA) is 56.9 Å². The molecule has 0 aliphatic rings. The highest BCUT2D eigenvalue weighted by atomic mass is 16.2. The first kappa shape index (κ1) is 11.3. The zero-order valence-electron chi connectivity index (χ0n) is 9.75. The molecule has 2 aromatic rings. The van der Waals surface area contributed by atoms with Crippen molar-refractivity contribution in [3.63, 3.8) is 0 Å². The Morgan fingerprint density at radius 3 is 2.76 bits per heavy atom. The summed E-state index contributed by atoms with van der Waals surface area (Å²) in [4.78, 5) is 23.4. The minimum Gasteiger partial charge on any atom is -0.292 e. The van der Waals surface area contributed by atoms with Crippen LogP contribution >= 0.6 is 0 Å². The smallest absolute Gasteiger partial charge is 0.292 e. The Kier molecular flexibility index (Phi) is 2.91. The summed E-state index contributed by atoms with van der Waals surface area (Å²) in [5.74, 6) is -0.116. The third-order valence-corrected chi connectivity index (χ3v) is 2.52. The molecule has 88 valence electrons. The maximum Gasteiger partial charge on any atom is 0.345 e. The van der Waals surface area contributed by atoms with Crippen molar-refractivity contribution in [3.8, 4) is 0 Å².